The molecule has 0 radical (unpaired) electrons. The summed E-state index contributed by atoms with van der Waals surface area (Å²) in [5, 5.41) is 9.67. The molecule has 0 fully saturated rings. The first-order valence-corrected chi connectivity index (χ1v) is 8.24. The maximum absolute atomic E-state index is 12.6. The number of fused-ring (bicyclic) bond motifs is 1. The Morgan fingerprint density at radius 2 is 2.09 bits per heavy atom. The molecular weight excluding hydrogens is 316 g/mol. The van der Waals surface area contributed by atoms with Crippen LogP contribution in [-0.2, 0) is 16.9 Å². The predicted molar refractivity (Wildman–Crippen MR) is 85.9 cm³/mol. The first-order chi connectivity index (χ1) is 11.0. The maximum atomic E-state index is 12.6. The van der Waals surface area contributed by atoms with Gasteiger partial charge in [0.1, 0.15) is 5.75 Å². The summed E-state index contributed by atoms with van der Waals surface area (Å²) in [5.74, 6) is 0.846. The monoisotopic (exact) mass is 332 g/mol. The Hall–Kier alpha value is -2.32. The number of hydrogen-bond acceptors (Lipinski definition) is 6. The molecule has 0 aliphatic carbocycles. The van der Waals surface area contributed by atoms with Crippen LogP contribution in [0.2, 0.25) is 0 Å². The molecule has 2 N–H and O–H groups in total. The largest absolute Gasteiger partial charge is 0.609 e. The number of aryl methyl sites for hydroxylation is 1. The molecule has 3 heterocycles. The summed E-state index contributed by atoms with van der Waals surface area (Å²) < 4.78 is 17.9. The van der Waals surface area contributed by atoms with Crippen LogP contribution in [0.1, 0.15) is 16.8 Å². The third-order valence-electron chi connectivity index (χ3n) is 3.54. The Bertz CT molecular complexity index is 865. The quantitative estimate of drug-likeness (QED) is 0.708. The number of imidazole rings is 1. The van der Waals surface area contributed by atoms with Crippen LogP contribution in [0.4, 0.5) is 0 Å². The van der Waals surface area contributed by atoms with Crippen molar-refractivity contribution in [3.05, 3.63) is 35.2 Å². The van der Waals surface area contributed by atoms with E-state index >= 15 is 0 Å². The highest BCUT2D eigenvalue weighted by Gasteiger charge is 2.21. The Morgan fingerprint density at radius 3 is 2.83 bits per heavy atom. The average molecular weight is 332 g/mol. The molecule has 0 aliphatic heterocycles. The minimum absolute atomic E-state index is 0.123. The van der Waals surface area contributed by atoms with Gasteiger partial charge < -0.3 is 14.4 Å². The molecule has 0 saturated carbocycles. The van der Waals surface area contributed by atoms with E-state index in [4.69, 9.17) is 4.74 Å². The lowest BCUT2D eigenvalue weighted by atomic mass is 10.1. The second-order valence-electron chi connectivity index (χ2n) is 5.12. The van der Waals surface area contributed by atoms with Gasteiger partial charge in [0, 0.05) is 34.6 Å². The van der Waals surface area contributed by atoms with Crippen molar-refractivity contribution in [2.75, 3.05) is 7.11 Å². The number of ether oxygens (including phenoxy) is 1. The van der Waals surface area contributed by atoms with Crippen molar-refractivity contribution in [2.24, 2.45) is 0 Å². The number of rotatable bonds is 4. The number of nitrogens with zero attached hydrogens (tertiary/aromatic N) is 3. The van der Waals surface area contributed by atoms with E-state index in [9.17, 15) is 9.66 Å². The van der Waals surface area contributed by atoms with E-state index in [1.165, 1.54) is 6.07 Å². The van der Waals surface area contributed by atoms with Gasteiger partial charge in [0.25, 0.3) is 0 Å². The van der Waals surface area contributed by atoms with Crippen LogP contribution in [-0.4, -0.2) is 36.7 Å². The highest BCUT2D eigenvalue weighted by Crippen LogP contribution is 2.26. The van der Waals surface area contributed by atoms with Crippen LogP contribution in [0.25, 0.3) is 11.2 Å². The number of hydrogen-bond donors (Lipinski definition) is 2. The van der Waals surface area contributed by atoms with Crippen LogP contribution < -0.4 is 4.74 Å². The number of aromatic hydroxyl groups is 1. The number of nitrogens with one attached hydrogen (secondary N) is 1. The molecular formula is C15H16N4O3S. The van der Waals surface area contributed by atoms with Crippen LogP contribution in [0.5, 0.6) is 11.6 Å². The Kier molecular flexibility index (Phi) is 4.10. The van der Waals surface area contributed by atoms with E-state index in [0.717, 1.165) is 16.9 Å². The Labute approximate surface area is 136 Å². The zero-order chi connectivity index (χ0) is 16.6. The number of aromatic amines is 1. The smallest absolute Gasteiger partial charge is 0.323 e. The molecule has 3 aromatic heterocycles. The average Bonchev–Trinajstić information content (AvgIpc) is 2.93. The fraction of sp³-hybridized carbons (Fsp3) is 0.267. The van der Waals surface area contributed by atoms with Gasteiger partial charge in [0.2, 0.25) is 5.88 Å². The van der Waals surface area contributed by atoms with E-state index in [2.05, 4.69) is 19.9 Å². The maximum Gasteiger partial charge on any atom is 0.323 e. The number of pyridine rings is 2. The standard InChI is InChI=1S/C15H16N4O3S/c1-8-6-16-11(9(2)13(8)22-3)7-23(21)15-17-10-4-5-12(20)18-14(10)19-15/h4-6H,7H2,1-3H3,(H2,17,18,19,20). The lowest BCUT2D eigenvalue weighted by Crippen LogP contribution is -2.10. The highest BCUT2D eigenvalue weighted by atomic mass is 32.2. The van der Waals surface area contributed by atoms with Gasteiger partial charge in [0.05, 0.1) is 18.3 Å². The molecule has 120 valence electrons. The first kappa shape index (κ1) is 15.6. The van der Waals surface area contributed by atoms with Gasteiger partial charge in [-0.1, -0.05) is 0 Å². The summed E-state index contributed by atoms with van der Waals surface area (Å²) in [4.78, 5) is 15.4. The first-order valence-electron chi connectivity index (χ1n) is 6.92. The molecule has 7 nitrogen and oxygen atoms in total. The second-order valence-corrected chi connectivity index (χ2v) is 6.49. The molecule has 1 atom stereocenters. The zero-order valence-electron chi connectivity index (χ0n) is 13.0. The summed E-state index contributed by atoms with van der Waals surface area (Å²) in [5.41, 5.74) is 3.45. The van der Waals surface area contributed by atoms with E-state index in [-0.39, 0.29) is 11.6 Å². The van der Waals surface area contributed by atoms with E-state index in [1.807, 2.05) is 13.8 Å². The predicted octanol–water partition coefficient (Wildman–Crippen LogP) is 1.99. The number of H-pyrrole nitrogens is 1. The Morgan fingerprint density at radius 1 is 1.30 bits per heavy atom. The fourth-order valence-corrected chi connectivity index (χ4v) is 3.47. The molecule has 0 spiro atoms. The van der Waals surface area contributed by atoms with E-state index < -0.39 is 11.2 Å². The molecule has 1 unspecified atom stereocenters. The fourth-order valence-electron chi connectivity index (χ4n) is 2.38. The van der Waals surface area contributed by atoms with Crippen LogP contribution >= 0.6 is 0 Å². The summed E-state index contributed by atoms with van der Waals surface area (Å²) >= 11 is -1.41. The molecule has 0 amide bonds. The minimum Gasteiger partial charge on any atom is -0.609 e. The normalized spacial score (nSPS) is 12.5. The molecule has 0 aliphatic rings. The SMILES string of the molecule is COc1c(C)cnc(C[S+]([O-])c2nc3nc(O)ccc3[nH]2)c1C. The highest BCUT2D eigenvalue weighted by molar-refractivity contribution is 7.90. The lowest BCUT2D eigenvalue weighted by molar-refractivity contribution is 0.407. The van der Waals surface area contributed by atoms with Crippen molar-refractivity contribution in [2.45, 2.75) is 24.8 Å². The van der Waals surface area contributed by atoms with Crippen LogP contribution in [0.3, 0.4) is 0 Å². The molecule has 8 heteroatoms. The van der Waals surface area contributed by atoms with Crippen molar-refractivity contribution in [1.29, 1.82) is 0 Å². The van der Waals surface area contributed by atoms with Gasteiger partial charge in [-0.15, -0.1) is 0 Å². The topological polar surface area (TPSA) is 107 Å². The van der Waals surface area contributed by atoms with Crippen molar-refractivity contribution in [1.82, 2.24) is 19.9 Å². The summed E-state index contributed by atoms with van der Waals surface area (Å²) in [6, 6.07) is 3.09. The van der Waals surface area contributed by atoms with Crippen LogP contribution in [0, 0.1) is 13.8 Å². The van der Waals surface area contributed by atoms with Gasteiger partial charge in [-0.2, -0.15) is 9.97 Å². The van der Waals surface area contributed by atoms with Gasteiger partial charge in [-0.25, -0.2) is 0 Å². The Balaban J connectivity index is 1.90. The van der Waals surface area contributed by atoms with Crippen LogP contribution in [0.15, 0.2) is 23.5 Å². The summed E-state index contributed by atoms with van der Waals surface area (Å²) in [6.07, 6.45) is 1.70. The number of methoxy groups -OCH3 is 1. The van der Waals surface area contributed by atoms with Crippen molar-refractivity contribution >= 4 is 22.3 Å². The summed E-state index contributed by atoms with van der Waals surface area (Å²) in [7, 11) is 1.60. The third-order valence-corrected chi connectivity index (χ3v) is 4.70. The molecule has 0 saturated heterocycles. The lowest BCUT2D eigenvalue weighted by Gasteiger charge is -2.13. The second kappa shape index (κ2) is 6.05. The van der Waals surface area contributed by atoms with Gasteiger partial charge >= 0.3 is 5.16 Å². The number of aromatic nitrogens is 4. The van der Waals surface area contributed by atoms with Crippen molar-refractivity contribution in [3.63, 3.8) is 0 Å². The molecule has 0 bridgehead atoms. The van der Waals surface area contributed by atoms with E-state index in [1.54, 1.807) is 19.4 Å². The minimum atomic E-state index is -1.41. The summed E-state index contributed by atoms with van der Waals surface area (Å²) in [6.45, 7) is 3.81. The van der Waals surface area contributed by atoms with Gasteiger partial charge in [0.15, 0.2) is 11.4 Å². The van der Waals surface area contributed by atoms with Gasteiger partial charge in [-0.3, -0.25) is 9.97 Å². The molecule has 0 aromatic carbocycles. The van der Waals surface area contributed by atoms with Crippen molar-refractivity contribution in [3.8, 4) is 11.6 Å². The molecule has 23 heavy (non-hydrogen) atoms. The third kappa shape index (κ3) is 2.95. The van der Waals surface area contributed by atoms with Crippen molar-refractivity contribution < 1.29 is 14.4 Å². The molecule has 3 rings (SSSR count). The van der Waals surface area contributed by atoms with Gasteiger partial charge in [-0.05, 0) is 19.9 Å². The molecule has 3 aromatic rings. The van der Waals surface area contributed by atoms with E-state index in [0.29, 0.717) is 22.0 Å². The zero-order valence-corrected chi connectivity index (χ0v) is 13.8.